The normalized spacial score (nSPS) is 11.3. The van der Waals surface area contributed by atoms with Gasteiger partial charge >= 0.3 is 5.97 Å². The zero-order valence-electron chi connectivity index (χ0n) is 18.0. The molecule has 11 heteroatoms. The molecule has 0 aliphatic carbocycles. The summed E-state index contributed by atoms with van der Waals surface area (Å²) >= 11 is 0.955. The molecule has 0 atom stereocenters. The van der Waals surface area contributed by atoms with E-state index in [1.54, 1.807) is 30.3 Å². The van der Waals surface area contributed by atoms with E-state index in [1.807, 2.05) is 6.92 Å². The van der Waals surface area contributed by atoms with E-state index in [0.717, 1.165) is 30.2 Å². The summed E-state index contributed by atoms with van der Waals surface area (Å²) in [5.74, 6) is 0.486. The van der Waals surface area contributed by atoms with Crippen LogP contribution in [0.3, 0.4) is 0 Å². The summed E-state index contributed by atoms with van der Waals surface area (Å²) in [5.41, 5.74) is 1.36. The minimum Gasteiger partial charge on any atom is -0.493 e. The number of carboxylic acids is 1. The number of aryl methyl sites for hydroxylation is 1. The van der Waals surface area contributed by atoms with Crippen LogP contribution in [0.5, 0.6) is 11.5 Å². The molecule has 3 aromatic rings. The zero-order chi connectivity index (χ0) is 23.8. The second-order valence-corrected chi connectivity index (χ2v) is 7.86. The molecule has 0 saturated carbocycles. The number of hydrogen-bond acceptors (Lipinski definition) is 8. The Morgan fingerprint density at radius 2 is 2.00 bits per heavy atom. The van der Waals surface area contributed by atoms with Crippen molar-refractivity contribution in [2.75, 3.05) is 7.11 Å². The van der Waals surface area contributed by atoms with Gasteiger partial charge in [0, 0.05) is 18.6 Å². The van der Waals surface area contributed by atoms with Crippen LogP contribution in [0.1, 0.15) is 30.3 Å². The molecule has 1 heterocycles. The van der Waals surface area contributed by atoms with Crippen LogP contribution in [-0.2, 0) is 17.8 Å². The molecule has 2 aromatic carbocycles. The topological polar surface area (TPSA) is 140 Å². The van der Waals surface area contributed by atoms with Gasteiger partial charge in [0.2, 0.25) is 5.16 Å². The smallest absolute Gasteiger partial charge is 0.342 e. The van der Waals surface area contributed by atoms with E-state index >= 15 is 0 Å². The lowest BCUT2D eigenvalue weighted by molar-refractivity contribution is -0.384. The number of thioether (sulfide) groups is 1. The van der Waals surface area contributed by atoms with Gasteiger partial charge < -0.3 is 14.6 Å². The molecule has 0 amide bonds. The van der Waals surface area contributed by atoms with Crippen molar-refractivity contribution in [3.8, 4) is 11.5 Å². The molecule has 0 fully saturated rings. The molecule has 172 valence electrons. The van der Waals surface area contributed by atoms with E-state index in [2.05, 4.69) is 15.2 Å². The summed E-state index contributed by atoms with van der Waals surface area (Å²) in [7, 11) is 1.48. The molecule has 0 aliphatic rings. The number of ether oxygens (including phenoxy) is 2. The summed E-state index contributed by atoms with van der Waals surface area (Å²) in [6, 6.07) is 11.1. The van der Waals surface area contributed by atoms with Crippen molar-refractivity contribution in [2.24, 2.45) is 0 Å². The number of rotatable bonds is 11. The number of nitrogens with one attached hydrogen (secondary N) is 1. The van der Waals surface area contributed by atoms with Gasteiger partial charge in [0.1, 0.15) is 17.3 Å². The molecule has 1 aromatic heterocycles. The fourth-order valence-corrected chi connectivity index (χ4v) is 3.55. The summed E-state index contributed by atoms with van der Waals surface area (Å²) in [6.07, 6.45) is 3.14. The Hall–Kier alpha value is -3.86. The number of H-pyrrole nitrogens is 1. The van der Waals surface area contributed by atoms with Gasteiger partial charge in [0.05, 0.1) is 12.0 Å². The lowest BCUT2D eigenvalue weighted by Gasteiger charge is -2.11. The van der Waals surface area contributed by atoms with Gasteiger partial charge in [-0.1, -0.05) is 13.0 Å². The largest absolute Gasteiger partial charge is 0.493 e. The zero-order valence-corrected chi connectivity index (χ0v) is 18.8. The van der Waals surface area contributed by atoms with Gasteiger partial charge in [-0.3, -0.25) is 15.2 Å². The van der Waals surface area contributed by atoms with E-state index < -0.39 is 10.9 Å². The first kappa shape index (κ1) is 23.8. The van der Waals surface area contributed by atoms with Crippen LogP contribution in [0.25, 0.3) is 6.08 Å². The van der Waals surface area contributed by atoms with Gasteiger partial charge in [0.15, 0.2) is 11.5 Å². The fourth-order valence-electron chi connectivity index (χ4n) is 2.82. The molecular weight excluding hydrogens is 448 g/mol. The number of aromatic nitrogens is 3. The quantitative estimate of drug-likeness (QED) is 0.180. The third-order valence-electron chi connectivity index (χ3n) is 4.44. The molecule has 10 nitrogen and oxygen atoms in total. The minimum absolute atomic E-state index is 0.00574. The first-order chi connectivity index (χ1) is 15.9. The first-order valence-corrected chi connectivity index (χ1v) is 10.8. The van der Waals surface area contributed by atoms with E-state index in [1.165, 1.54) is 25.3 Å². The third kappa shape index (κ3) is 6.56. The maximum Gasteiger partial charge on any atom is 0.342 e. The summed E-state index contributed by atoms with van der Waals surface area (Å²) in [6.45, 7) is 2.20. The molecule has 0 unspecified atom stereocenters. The van der Waals surface area contributed by atoms with Crippen molar-refractivity contribution in [3.05, 3.63) is 74.4 Å². The molecular formula is C22H22N4O6S. The maximum absolute atomic E-state index is 11.7. The van der Waals surface area contributed by atoms with Crippen molar-refractivity contribution in [2.45, 2.75) is 31.5 Å². The Morgan fingerprint density at radius 3 is 2.64 bits per heavy atom. The lowest BCUT2D eigenvalue weighted by atomic mass is 10.2. The molecule has 0 aliphatic heterocycles. The predicted molar refractivity (Wildman–Crippen MR) is 122 cm³/mol. The molecule has 0 bridgehead atoms. The third-order valence-corrected chi connectivity index (χ3v) is 5.31. The monoisotopic (exact) mass is 470 g/mol. The van der Waals surface area contributed by atoms with Gasteiger partial charge in [-0.2, -0.15) is 0 Å². The van der Waals surface area contributed by atoms with Crippen LogP contribution in [0.2, 0.25) is 0 Å². The van der Waals surface area contributed by atoms with E-state index in [0.29, 0.717) is 28.0 Å². The minimum atomic E-state index is -1.10. The average molecular weight is 471 g/mol. The molecule has 33 heavy (non-hydrogen) atoms. The van der Waals surface area contributed by atoms with Crippen LogP contribution < -0.4 is 9.47 Å². The highest BCUT2D eigenvalue weighted by molar-refractivity contribution is 8.04. The highest BCUT2D eigenvalue weighted by atomic mass is 32.2. The van der Waals surface area contributed by atoms with Crippen molar-refractivity contribution in [3.63, 3.8) is 0 Å². The van der Waals surface area contributed by atoms with Crippen LogP contribution in [0.15, 0.2) is 52.5 Å². The second-order valence-electron chi connectivity index (χ2n) is 6.85. The van der Waals surface area contributed by atoms with Gasteiger partial charge in [-0.15, -0.1) is 5.10 Å². The van der Waals surface area contributed by atoms with Gasteiger partial charge in [-0.05, 0) is 59.7 Å². The predicted octanol–water partition coefficient (Wildman–Crippen LogP) is 4.47. The lowest BCUT2D eigenvalue weighted by Crippen LogP contribution is -1.99. The number of carboxylic acid groups (broad SMARTS) is 1. The van der Waals surface area contributed by atoms with Crippen LogP contribution in [0.4, 0.5) is 5.69 Å². The number of carbonyl (C=O) groups is 1. The van der Waals surface area contributed by atoms with Crippen molar-refractivity contribution < 1.29 is 24.3 Å². The maximum atomic E-state index is 11.7. The number of nitrogens with zero attached hydrogens (tertiary/aromatic N) is 3. The number of aliphatic carboxylic acids is 1. The van der Waals surface area contributed by atoms with Crippen molar-refractivity contribution >= 4 is 29.5 Å². The number of nitro groups is 1. The SMILES string of the molecule is CCCc1nc(S/C(=C\c2ccc(OCc3ccc([N+](=O)[O-])cc3)c(OC)c2)C(=O)O)n[nH]1. The standard InChI is InChI=1S/C22H22N4O6S/c1-3-4-20-23-22(25-24-20)33-19(21(27)28)12-15-7-10-17(18(11-15)31-2)32-13-14-5-8-16(9-6-14)26(29)30/h5-12H,3-4,13H2,1-2H3,(H,27,28)(H,23,24,25)/b19-12-. The molecule has 0 radical (unpaired) electrons. The van der Waals surface area contributed by atoms with Gasteiger partial charge in [-0.25, -0.2) is 9.78 Å². The first-order valence-electron chi connectivity index (χ1n) is 9.98. The highest BCUT2D eigenvalue weighted by Gasteiger charge is 2.15. The Labute approximate surface area is 193 Å². The number of hydrogen-bond donors (Lipinski definition) is 2. The number of benzene rings is 2. The molecule has 0 saturated heterocycles. The van der Waals surface area contributed by atoms with E-state index in [4.69, 9.17) is 9.47 Å². The van der Waals surface area contributed by atoms with Crippen molar-refractivity contribution in [1.82, 2.24) is 15.2 Å². The van der Waals surface area contributed by atoms with E-state index in [9.17, 15) is 20.0 Å². The van der Waals surface area contributed by atoms with Gasteiger partial charge in [0.25, 0.3) is 5.69 Å². The number of non-ortho nitro benzene ring substituents is 1. The Kier molecular flexibility index (Phi) is 8.03. The number of nitro benzene ring substituents is 1. The summed E-state index contributed by atoms with van der Waals surface area (Å²) in [5, 5.41) is 27.6. The Bertz CT molecular complexity index is 1160. The van der Waals surface area contributed by atoms with Crippen molar-refractivity contribution in [1.29, 1.82) is 0 Å². The summed E-state index contributed by atoms with van der Waals surface area (Å²) < 4.78 is 11.2. The second kappa shape index (κ2) is 11.1. The van der Waals surface area contributed by atoms with Crippen LogP contribution >= 0.6 is 11.8 Å². The number of aromatic amines is 1. The number of methoxy groups -OCH3 is 1. The highest BCUT2D eigenvalue weighted by Crippen LogP contribution is 2.32. The molecule has 0 spiro atoms. The molecule has 2 N–H and O–H groups in total. The van der Waals surface area contributed by atoms with E-state index in [-0.39, 0.29) is 17.2 Å². The summed E-state index contributed by atoms with van der Waals surface area (Å²) in [4.78, 5) is 26.4. The van der Waals surface area contributed by atoms with Crippen LogP contribution in [-0.4, -0.2) is 38.3 Å². The average Bonchev–Trinajstić information content (AvgIpc) is 3.25. The fraction of sp³-hybridized carbons (Fsp3) is 0.227. The Morgan fingerprint density at radius 1 is 1.24 bits per heavy atom. The van der Waals surface area contributed by atoms with Crippen LogP contribution in [0, 0.1) is 10.1 Å². The Balaban J connectivity index is 1.74. The molecule has 3 rings (SSSR count).